The highest BCUT2D eigenvalue weighted by Gasteiger charge is 2.31. The number of hydrogen-bond donors (Lipinski definition) is 2. The predicted octanol–water partition coefficient (Wildman–Crippen LogP) is 3.88. The van der Waals surface area contributed by atoms with Gasteiger partial charge in [-0.05, 0) is 38.0 Å². The maximum Gasteiger partial charge on any atom is 0.320 e. The van der Waals surface area contributed by atoms with Gasteiger partial charge in [0.15, 0.2) is 0 Å². The highest BCUT2D eigenvalue weighted by atomic mass is 32.1. The van der Waals surface area contributed by atoms with Gasteiger partial charge in [-0.25, -0.2) is 0 Å². The molecule has 132 valence electrons. The number of benzene rings is 2. The fourth-order valence-corrected chi connectivity index (χ4v) is 3.49. The lowest BCUT2D eigenvalue weighted by molar-refractivity contribution is -0.142. The van der Waals surface area contributed by atoms with E-state index in [-0.39, 0.29) is 6.10 Å². The Hall–Kier alpha value is -1.98. The first-order valence-corrected chi connectivity index (χ1v) is 8.93. The third-order valence-corrected chi connectivity index (χ3v) is 5.09. The first-order valence-electron chi connectivity index (χ1n) is 8.48. The van der Waals surface area contributed by atoms with Gasteiger partial charge in [0.05, 0.1) is 0 Å². The number of ether oxygens (including phenoxy) is 1. The number of carboxylic acid groups (broad SMARTS) is 1. The Morgan fingerprint density at radius 2 is 2.00 bits per heavy atom. The monoisotopic (exact) mass is 357 g/mol. The van der Waals surface area contributed by atoms with E-state index in [9.17, 15) is 9.90 Å². The van der Waals surface area contributed by atoms with Crippen LogP contribution >= 0.6 is 12.6 Å². The van der Waals surface area contributed by atoms with Crippen molar-refractivity contribution in [3.05, 3.63) is 48.0 Å². The van der Waals surface area contributed by atoms with E-state index in [0.717, 1.165) is 34.7 Å². The average molecular weight is 357 g/mol. The molecule has 2 aromatic rings. The van der Waals surface area contributed by atoms with Crippen LogP contribution in [0.15, 0.2) is 47.4 Å². The van der Waals surface area contributed by atoms with E-state index in [2.05, 4.69) is 43.8 Å². The van der Waals surface area contributed by atoms with Crippen molar-refractivity contribution in [2.75, 3.05) is 13.1 Å². The Labute approximate surface area is 153 Å². The van der Waals surface area contributed by atoms with Gasteiger partial charge < -0.3 is 9.84 Å². The van der Waals surface area contributed by atoms with Crippen LogP contribution in [0.1, 0.15) is 18.9 Å². The predicted molar refractivity (Wildman–Crippen MR) is 102 cm³/mol. The maximum absolute atomic E-state index is 11.2. The lowest BCUT2D eigenvalue weighted by Crippen LogP contribution is -2.38. The molecule has 1 aliphatic heterocycles. The summed E-state index contributed by atoms with van der Waals surface area (Å²) in [5, 5.41) is 9.18. The summed E-state index contributed by atoms with van der Waals surface area (Å²) < 4.78 is 6.25. The molecule has 0 spiro atoms. The number of carbonyl (C=O) groups is 1. The fraction of sp³-hybridized carbons (Fsp3) is 0.350. The molecule has 0 amide bonds. The topological polar surface area (TPSA) is 49.8 Å². The summed E-state index contributed by atoms with van der Waals surface area (Å²) >= 11 is 4.61. The lowest BCUT2D eigenvalue weighted by Gasteiger charge is -2.21. The summed E-state index contributed by atoms with van der Waals surface area (Å²) in [7, 11) is 0. The number of carboxylic acids is 1. The third kappa shape index (κ3) is 3.99. The first kappa shape index (κ1) is 17.8. The summed E-state index contributed by atoms with van der Waals surface area (Å²) in [5.74, 6) is 0.00420. The summed E-state index contributed by atoms with van der Waals surface area (Å²) in [5.41, 5.74) is 3.26. The lowest BCUT2D eigenvalue weighted by atomic mass is 10.0. The Morgan fingerprint density at radius 3 is 2.68 bits per heavy atom. The van der Waals surface area contributed by atoms with Gasteiger partial charge >= 0.3 is 5.97 Å². The SMILES string of the molecule is Cc1ccc(-c2c(S)cccc2O[C@@H]2CCN(C(C)C(=O)O)C2)cc1. The number of aryl methyl sites for hydroxylation is 1. The van der Waals surface area contributed by atoms with Crippen LogP contribution in [-0.2, 0) is 4.79 Å². The van der Waals surface area contributed by atoms with E-state index in [0.29, 0.717) is 6.54 Å². The van der Waals surface area contributed by atoms with Crippen LogP contribution in [0, 0.1) is 6.92 Å². The van der Waals surface area contributed by atoms with Crippen LogP contribution < -0.4 is 4.74 Å². The minimum atomic E-state index is -0.793. The molecule has 0 radical (unpaired) electrons. The molecule has 0 bridgehead atoms. The molecule has 1 aliphatic rings. The van der Waals surface area contributed by atoms with Gasteiger partial charge in [-0.1, -0.05) is 35.9 Å². The Balaban J connectivity index is 1.81. The zero-order valence-electron chi connectivity index (χ0n) is 14.5. The average Bonchev–Trinajstić information content (AvgIpc) is 3.04. The van der Waals surface area contributed by atoms with Crippen molar-refractivity contribution >= 4 is 18.6 Å². The van der Waals surface area contributed by atoms with E-state index < -0.39 is 12.0 Å². The Kier molecular flexibility index (Phi) is 5.35. The molecule has 25 heavy (non-hydrogen) atoms. The molecule has 1 unspecified atom stereocenters. The van der Waals surface area contributed by atoms with Crippen molar-refractivity contribution in [3.63, 3.8) is 0 Å². The number of nitrogens with zero attached hydrogens (tertiary/aromatic N) is 1. The van der Waals surface area contributed by atoms with Crippen LogP contribution in [0.5, 0.6) is 5.75 Å². The first-order chi connectivity index (χ1) is 12.0. The molecule has 1 fully saturated rings. The molecule has 1 heterocycles. The zero-order chi connectivity index (χ0) is 18.0. The van der Waals surface area contributed by atoms with Gasteiger partial charge in [-0.15, -0.1) is 12.6 Å². The highest BCUT2D eigenvalue weighted by Crippen LogP contribution is 2.37. The van der Waals surface area contributed by atoms with Gasteiger partial charge in [0.25, 0.3) is 0 Å². The van der Waals surface area contributed by atoms with Crippen LogP contribution in [0.2, 0.25) is 0 Å². The molecule has 5 heteroatoms. The third-order valence-electron chi connectivity index (χ3n) is 4.72. The molecule has 2 atom stereocenters. The van der Waals surface area contributed by atoms with Crippen molar-refractivity contribution in [1.29, 1.82) is 0 Å². The Bertz CT molecular complexity index is 760. The van der Waals surface area contributed by atoms with Gasteiger partial charge in [-0.3, -0.25) is 9.69 Å². The molecule has 1 N–H and O–H groups in total. The standard InChI is InChI=1S/C20H23NO3S/c1-13-6-8-15(9-7-13)19-17(4-3-5-18(19)25)24-16-10-11-21(12-16)14(2)20(22)23/h3-9,14,16,25H,10-12H2,1-2H3,(H,22,23)/t14?,16-/m1/s1. The normalized spacial score (nSPS) is 18.9. The van der Waals surface area contributed by atoms with Gasteiger partial charge in [0, 0.05) is 23.5 Å². The largest absolute Gasteiger partial charge is 0.488 e. The van der Waals surface area contributed by atoms with Crippen molar-refractivity contribution in [3.8, 4) is 16.9 Å². The molecule has 0 aromatic heterocycles. The zero-order valence-corrected chi connectivity index (χ0v) is 15.4. The molecule has 1 saturated heterocycles. The second-order valence-corrected chi connectivity index (χ2v) is 7.04. The fourth-order valence-electron chi connectivity index (χ4n) is 3.17. The van der Waals surface area contributed by atoms with Crippen molar-refractivity contribution in [2.24, 2.45) is 0 Å². The molecule has 0 saturated carbocycles. The molecule has 3 rings (SSSR count). The van der Waals surface area contributed by atoms with Crippen molar-refractivity contribution in [1.82, 2.24) is 4.90 Å². The second kappa shape index (κ2) is 7.50. The number of rotatable bonds is 5. The summed E-state index contributed by atoms with van der Waals surface area (Å²) in [6, 6.07) is 13.7. The molecule has 2 aromatic carbocycles. The number of aliphatic carboxylic acids is 1. The van der Waals surface area contributed by atoms with Gasteiger partial charge in [-0.2, -0.15) is 0 Å². The van der Waals surface area contributed by atoms with Crippen LogP contribution in [0.25, 0.3) is 11.1 Å². The van der Waals surface area contributed by atoms with E-state index in [1.54, 1.807) is 6.92 Å². The van der Waals surface area contributed by atoms with E-state index in [1.165, 1.54) is 5.56 Å². The smallest absolute Gasteiger partial charge is 0.320 e. The van der Waals surface area contributed by atoms with Gasteiger partial charge in [0.1, 0.15) is 17.9 Å². The molecular weight excluding hydrogens is 334 g/mol. The number of hydrogen-bond acceptors (Lipinski definition) is 4. The van der Waals surface area contributed by atoms with Crippen LogP contribution in [-0.4, -0.2) is 41.2 Å². The Morgan fingerprint density at radius 1 is 1.28 bits per heavy atom. The van der Waals surface area contributed by atoms with Crippen LogP contribution in [0.3, 0.4) is 0 Å². The number of likely N-dealkylation sites (tertiary alicyclic amines) is 1. The van der Waals surface area contributed by atoms with E-state index in [1.807, 2.05) is 23.1 Å². The summed E-state index contributed by atoms with van der Waals surface area (Å²) in [6.45, 7) is 5.14. The van der Waals surface area contributed by atoms with E-state index in [4.69, 9.17) is 4.74 Å². The van der Waals surface area contributed by atoms with Gasteiger partial charge in [0.2, 0.25) is 0 Å². The summed E-state index contributed by atoms with van der Waals surface area (Å²) in [4.78, 5) is 14.0. The number of thiol groups is 1. The second-order valence-electron chi connectivity index (χ2n) is 6.55. The van der Waals surface area contributed by atoms with Crippen LogP contribution in [0.4, 0.5) is 0 Å². The van der Waals surface area contributed by atoms with E-state index >= 15 is 0 Å². The van der Waals surface area contributed by atoms with Crippen molar-refractivity contribution in [2.45, 2.75) is 37.3 Å². The summed E-state index contributed by atoms with van der Waals surface area (Å²) in [6.07, 6.45) is 0.808. The van der Waals surface area contributed by atoms with Crippen molar-refractivity contribution < 1.29 is 14.6 Å². The minimum Gasteiger partial charge on any atom is -0.488 e. The molecule has 0 aliphatic carbocycles. The highest BCUT2D eigenvalue weighted by molar-refractivity contribution is 7.80. The molecule has 4 nitrogen and oxygen atoms in total. The molecular formula is C20H23NO3S. The quantitative estimate of drug-likeness (QED) is 0.798. The maximum atomic E-state index is 11.2. The minimum absolute atomic E-state index is 0.0128.